The van der Waals surface area contributed by atoms with Gasteiger partial charge in [0, 0.05) is 22.5 Å². The van der Waals surface area contributed by atoms with E-state index in [2.05, 4.69) is 6.07 Å². The summed E-state index contributed by atoms with van der Waals surface area (Å²) >= 11 is 12.1. The normalized spacial score (nSPS) is 25.6. The number of likely N-dealkylation sites (N-methyl/N-ethyl adjacent to an activating group) is 1. The Bertz CT molecular complexity index is 1110. The minimum atomic E-state index is -1.64. The predicted molar refractivity (Wildman–Crippen MR) is 124 cm³/mol. The second-order valence-corrected chi connectivity index (χ2v) is 10.5. The molecular formula is C25H26Cl2F2N2O2. The van der Waals surface area contributed by atoms with Crippen molar-refractivity contribution < 1.29 is 18.3 Å². The van der Waals surface area contributed by atoms with Gasteiger partial charge in [0.2, 0.25) is 0 Å². The highest BCUT2D eigenvalue weighted by atomic mass is 35.5. The van der Waals surface area contributed by atoms with Gasteiger partial charge in [0.15, 0.2) is 0 Å². The zero-order valence-electron chi connectivity index (χ0n) is 19.1. The van der Waals surface area contributed by atoms with Crippen LogP contribution >= 0.6 is 23.2 Å². The fraction of sp³-hybridized carbons (Fsp3) is 0.440. The maximum atomic E-state index is 15.5. The SMILES string of the molecule is COC(=O)C1C(c2cccc(Cl)c2F)C(C#N)(c2ccc(Cl)cc2F)C(CC(C)(C)C)N1C. The van der Waals surface area contributed by atoms with E-state index in [-0.39, 0.29) is 26.6 Å². The Hall–Kier alpha value is -2.20. The number of halogens is 4. The van der Waals surface area contributed by atoms with E-state index in [0.717, 1.165) is 6.07 Å². The highest BCUT2D eigenvalue weighted by Gasteiger charge is 2.64. The lowest BCUT2D eigenvalue weighted by atomic mass is 9.62. The van der Waals surface area contributed by atoms with Crippen LogP contribution in [0.2, 0.25) is 10.0 Å². The third-order valence-electron chi connectivity index (χ3n) is 6.39. The van der Waals surface area contributed by atoms with Gasteiger partial charge < -0.3 is 4.74 Å². The van der Waals surface area contributed by atoms with Crippen LogP contribution in [0.3, 0.4) is 0 Å². The molecule has 4 atom stereocenters. The zero-order valence-corrected chi connectivity index (χ0v) is 20.6. The van der Waals surface area contributed by atoms with E-state index in [9.17, 15) is 10.1 Å². The third-order valence-corrected chi connectivity index (χ3v) is 6.92. The lowest BCUT2D eigenvalue weighted by Crippen LogP contribution is -2.45. The first-order valence-electron chi connectivity index (χ1n) is 10.5. The monoisotopic (exact) mass is 494 g/mol. The summed E-state index contributed by atoms with van der Waals surface area (Å²) in [5.41, 5.74) is -1.84. The standard InChI is InChI=1S/C25H26Cl2F2N2O2/c1-24(2,3)12-19-25(13-30,16-10-9-14(26)11-18(16)28)20(22(31(19)4)23(32)33-5)15-7-6-8-17(27)21(15)29/h6-11,19-20,22H,12H2,1-5H3. The number of carbonyl (C=O) groups is 1. The number of likely N-dealkylation sites (tertiary alicyclic amines) is 1. The van der Waals surface area contributed by atoms with Gasteiger partial charge in [-0.3, -0.25) is 9.69 Å². The fourth-order valence-electron chi connectivity index (χ4n) is 5.07. The first kappa shape index (κ1) is 25.4. The van der Waals surface area contributed by atoms with Crippen LogP contribution in [0.4, 0.5) is 8.78 Å². The molecule has 4 nitrogen and oxygen atoms in total. The van der Waals surface area contributed by atoms with E-state index in [0.29, 0.717) is 6.42 Å². The van der Waals surface area contributed by atoms with Crippen molar-refractivity contribution in [2.45, 2.75) is 50.6 Å². The molecule has 0 amide bonds. The highest BCUT2D eigenvalue weighted by molar-refractivity contribution is 6.31. The fourth-order valence-corrected chi connectivity index (χ4v) is 5.41. The van der Waals surface area contributed by atoms with E-state index in [1.165, 1.54) is 31.4 Å². The maximum Gasteiger partial charge on any atom is 0.323 e. The molecule has 0 N–H and O–H groups in total. The molecule has 33 heavy (non-hydrogen) atoms. The molecule has 0 radical (unpaired) electrons. The van der Waals surface area contributed by atoms with Crippen LogP contribution in [0.25, 0.3) is 0 Å². The van der Waals surface area contributed by atoms with Crippen LogP contribution in [0, 0.1) is 28.4 Å². The number of rotatable bonds is 4. The van der Waals surface area contributed by atoms with Crippen LogP contribution in [0.15, 0.2) is 36.4 Å². The highest BCUT2D eigenvalue weighted by Crippen LogP contribution is 2.56. The molecule has 0 aliphatic carbocycles. The Morgan fingerprint density at radius 1 is 1.24 bits per heavy atom. The van der Waals surface area contributed by atoms with Crippen molar-refractivity contribution >= 4 is 29.2 Å². The molecule has 8 heteroatoms. The lowest BCUT2D eigenvalue weighted by Gasteiger charge is -2.38. The van der Waals surface area contributed by atoms with Crippen molar-refractivity contribution in [3.63, 3.8) is 0 Å². The van der Waals surface area contributed by atoms with Crippen molar-refractivity contribution in [1.29, 1.82) is 5.26 Å². The molecular weight excluding hydrogens is 469 g/mol. The van der Waals surface area contributed by atoms with Crippen molar-refractivity contribution in [2.24, 2.45) is 5.41 Å². The van der Waals surface area contributed by atoms with Crippen LogP contribution in [-0.2, 0) is 14.9 Å². The molecule has 0 saturated carbocycles. The van der Waals surface area contributed by atoms with Gasteiger partial charge >= 0.3 is 5.97 Å². The van der Waals surface area contributed by atoms with E-state index in [1.807, 2.05) is 20.8 Å². The summed E-state index contributed by atoms with van der Waals surface area (Å²) in [5, 5.41) is 10.7. The topological polar surface area (TPSA) is 53.3 Å². The molecule has 0 aromatic heterocycles. The molecule has 1 saturated heterocycles. The molecule has 1 aliphatic heterocycles. The Morgan fingerprint density at radius 2 is 1.91 bits per heavy atom. The number of nitrogens with zero attached hydrogens (tertiary/aromatic N) is 2. The summed E-state index contributed by atoms with van der Waals surface area (Å²) in [5.74, 6) is -3.19. The van der Waals surface area contributed by atoms with Crippen molar-refractivity contribution in [3.8, 4) is 6.07 Å². The first-order valence-corrected chi connectivity index (χ1v) is 11.2. The second-order valence-electron chi connectivity index (χ2n) is 9.64. The smallest absolute Gasteiger partial charge is 0.323 e. The average molecular weight is 495 g/mol. The van der Waals surface area contributed by atoms with E-state index < -0.39 is 41.0 Å². The Labute approximate surface area is 203 Å². The molecule has 4 unspecified atom stereocenters. The Morgan fingerprint density at radius 3 is 2.45 bits per heavy atom. The van der Waals surface area contributed by atoms with Gasteiger partial charge in [0.25, 0.3) is 0 Å². The molecule has 2 aromatic carbocycles. The molecule has 0 bridgehead atoms. The molecule has 0 spiro atoms. The van der Waals surface area contributed by atoms with Gasteiger partial charge in [-0.25, -0.2) is 8.78 Å². The number of carbonyl (C=O) groups excluding carboxylic acids is 1. The van der Waals surface area contributed by atoms with Crippen molar-refractivity contribution in [2.75, 3.05) is 14.2 Å². The minimum Gasteiger partial charge on any atom is -0.468 e. The Balaban J connectivity index is 2.45. The van der Waals surface area contributed by atoms with Gasteiger partial charge in [-0.15, -0.1) is 0 Å². The van der Waals surface area contributed by atoms with Gasteiger partial charge in [0.05, 0.1) is 18.2 Å². The van der Waals surface area contributed by atoms with Crippen molar-refractivity contribution in [3.05, 3.63) is 69.2 Å². The molecule has 2 aromatic rings. The largest absolute Gasteiger partial charge is 0.468 e. The van der Waals surface area contributed by atoms with Gasteiger partial charge in [-0.1, -0.05) is 62.2 Å². The third kappa shape index (κ3) is 4.35. The maximum absolute atomic E-state index is 15.5. The summed E-state index contributed by atoms with van der Waals surface area (Å²) in [7, 11) is 2.91. The number of nitriles is 1. The average Bonchev–Trinajstić information content (AvgIpc) is 2.97. The van der Waals surface area contributed by atoms with Crippen LogP contribution in [0.5, 0.6) is 0 Å². The van der Waals surface area contributed by atoms with Gasteiger partial charge in [-0.2, -0.15) is 5.26 Å². The molecule has 3 rings (SSSR count). The zero-order chi connectivity index (χ0) is 24.7. The number of esters is 1. The first-order chi connectivity index (χ1) is 15.4. The quantitative estimate of drug-likeness (QED) is 0.481. The van der Waals surface area contributed by atoms with Gasteiger partial charge in [-0.05, 0) is 42.6 Å². The summed E-state index contributed by atoms with van der Waals surface area (Å²) in [6.45, 7) is 5.96. The summed E-state index contributed by atoms with van der Waals surface area (Å²) in [4.78, 5) is 14.8. The van der Waals surface area contributed by atoms with Crippen molar-refractivity contribution in [1.82, 2.24) is 4.90 Å². The molecule has 1 aliphatic rings. The summed E-state index contributed by atoms with van der Waals surface area (Å²) in [6.07, 6.45) is 0.422. The Kier molecular flexibility index (Phi) is 7.10. The number of hydrogen-bond donors (Lipinski definition) is 0. The number of benzene rings is 2. The van der Waals surface area contributed by atoms with E-state index in [4.69, 9.17) is 27.9 Å². The van der Waals surface area contributed by atoms with E-state index in [1.54, 1.807) is 18.0 Å². The number of hydrogen-bond acceptors (Lipinski definition) is 4. The summed E-state index contributed by atoms with van der Waals surface area (Å²) < 4.78 is 35.9. The van der Waals surface area contributed by atoms with Crippen LogP contribution in [-0.4, -0.2) is 37.1 Å². The molecule has 176 valence electrons. The minimum absolute atomic E-state index is 0.0475. The lowest BCUT2D eigenvalue weighted by molar-refractivity contribution is -0.146. The number of methoxy groups -OCH3 is 1. The van der Waals surface area contributed by atoms with Crippen LogP contribution < -0.4 is 0 Å². The van der Waals surface area contributed by atoms with E-state index >= 15 is 8.78 Å². The van der Waals surface area contributed by atoms with Gasteiger partial charge in [0.1, 0.15) is 23.1 Å². The number of ether oxygens (including phenoxy) is 1. The van der Waals surface area contributed by atoms with Crippen LogP contribution in [0.1, 0.15) is 44.2 Å². The predicted octanol–water partition coefficient (Wildman–Crippen LogP) is 6.11. The second kappa shape index (κ2) is 9.21. The molecule has 1 fully saturated rings. The molecule has 1 heterocycles. The summed E-state index contributed by atoms with van der Waals surface area (Å²) in [6, 6.07) is 9.09.